The molecule has 0 saturated carbocycles. The van der Waals surface area contributed by atoms with E-state index in [9.17, 15) is 9.59 Å². The van der Waals surface area contributed by atoms with Crippen molar-refractivity contribution in [3.8, 4) is 11.3 Å². The lowest BCUT2D eigenvalue weighted by Gasteiger charge is -2.03. The zero-order chi connectivity index (χ0) is 21.3. The number of nitrogens with zero attached hydrogens (tertiary/aromatic N) is 1. The van der Waals surface area contributed by atoms with Gasteiger partial charge in [-0.1, -0.05) is 59.4 Å². The molecule has 0 atom stereocenters. The van der Waals surface area contributed by atoms with Gasteiger partial charge in [-0.05, 0) is 38.2 Å². The molecule has 0 radical (unpaired) electrons. The SMILES string of the molecule is CCOC(=O)c1sc(NC(=O)CCCSc2ccc(C)cc2)nc1-c1ccccc1. The zero-order valence-electron chi connectivity index (χ0n) is 17.0. The van der Waals surface area contributed by atoms with E-state index in [-0.39, 0.29) is 12.5 Å². The van der Waals surface area contributed by atoms with Gasteiger partial charge in [-0.3, -0.25) is 4.79 Å². The molecule has 7 heteroatoms. The van der Waals surface area contributed by atoms with Crippen LogP contribution in [0.2, 0.25) is 0 Å². The molecule has 1 N–H and O–H groups in total. The van der Waals surface area contributed by atoms with Gasteiger partial charge in [0.1, 0.15) is 4.88 Å². The zero-order valence-corrected chi connectivity index (χ0v) is 18.6. The van der Waals surface area contributed by atoms with E-state index in [1.54, 1.807) is 18.7 Å². The summed E-state index contributed by atoms with van der Waals surface area (Å²) < 4.78 is 5.15. The average Bonchev–Trinajstić information content (AvgIpc) is 3.17. The molecule has 3 rings (SSSR count). The Morgan fingerprint density at radius 1 is 1.10 bits per heavy atom. The standard InChI is InChI=1S/C23H24N2O3S2/c1-3-28-22(27)21-20(17-8-5-4-6-9-17)25-23(30-21)24-19(26)10-7-15-29-18-13-11-16(2)12-14-18/h4-6,8-9,11-14H,3,7,10,15H2,1-2H3,(H,24,25,26). The minimum absolute atomic E-state index is 0.108. The highest BCUT2D eigenvalue weighted by Crippen LogP contribution is 2.32. The molecule has 0 spiro atoms. The molecule has 1 amide bonds. The van der Waals surface area contributed by atoms with Crippen molar-refractivity contribution in [1.29, 1.82) is 0 Å². The van der Waals surface area contributed by atoms with Crippen LogP contribution in [-0.4, -0.2) is 29.2 Å². The van der Waals surface area contributed by atoms with Crippen molar-refractivity contribution in [2.24, 2.45) is 0 Å². The van der Waals surface area contributed by atoms with E-state index >= 15 is 0 Å². The number of thioether (sulfide) groups is 1. The molecule has 0 unspecified atom stereocenters. The van der Waals surface area contributed by atoms with E-state index in [4.69, 9.17) is 4.74 Å². The first-order valence-corrected chi connectivity index (χ1v) is 11.6. The van der Waals surface area contributed by atoms with Gasteiger partial charge >= 0.3 is 5.97 Å². The summed E-state index contributed by atoms with van der Waals surface area (Å²) in [5.74, 6) is 0.324. The quantitative estimate of drug-likeness (QED) is 0.258. The number of nitrogens with one attached hydrogen (secondary N) is 1. The number of anilines is 1. The van der Waals surface area contributed by atoms with E-state index in [0.717, 1.165) is 29.1 Å². The highest BCUT2D eigenvalue weighted by molar-refractivity contribution is 7.99. The third-order valence-corrected chi connectivity index (χ3v) is 6.27. The van der Waals surface area contributed by atoms with Crippen molar-refractivity contribution in [1.82, 2.24) is 4.98 Å². The Labute approximate surface area is 184 Å². The van der Waals surface area contributed by atoms with Crippen LogP contribution in [-0.2, 0) is 9.53 Å². The van der Waals surface area contributed by atoms with Gasteiger partial charge in [0, 0.05) is 16.9 Å². The first kappa shape index (κ1) is 22.1. The Hall–Kier alpha value is -2.64. The third kappa shape index (κ3) is 6.18. The molecular weight excluding hydrogens is 416 g/mol. The number of aromatic nitrogens is 1. The Bertz CT molecular complexity index is 985. The first-order valence-electron chi connectivity index (χ1n) is 9.79. The summed E-state index contributed by atoms with van der Waals surface area (Å²) in [6.07, 6.45) is 1.15. The van der Waals surface area contributed by atoms with Crippen molar-refractivity contribution in [3.05, 3.63) is 65.0 Å². The summed E-state index contributed by atoms with van der Waals surface area (Å²) in [5, 5.41) is 3.24. The number of rotatable bonds is 9. The van der Waals surface area contributed by atoms with Crippen LogP contribution in [0.25, 0.3) is 11.3 Å². The van der Waals surface area contributed by atoms with E-state index < -0.39 is 5.97 Å². The van der Waals surface area contributed by atoms with Gasteiger partial charge in [0.15, 0.2) is 5.13 Å². The summed E-state index contributed by atoms with van der Waals surface area (Å²) >= 11 is 2.88. The van der Waals surface area contributed by atoms with Crippen molar-refractivity contribution in [2.45, 2.75) is 31.6 Å². The van der Waals surface area contributed by atoms with E-state index in [0.29, 0.717) is 22.1 Å². The lowest BCUT2D eigenvalue weighted by atomic mass is 10.1. The van der Waals surface area contributed by atoms with E-state index in [1.807, 2.05) is 30.3 Å². The summed E-state index contributed by atoms with van der Waals surface area (Å²) in [5.41, 5.74) is 2.58. The Morgan fingerprint density at radius 2 is 1.83 bits per heavy atom. The summed E-state index contributed by atoms with van der Waals surface area (Å²) in [6.45, 7) is 4.11. The van der Waals surface area contributed by atoms with Gasteiger partial charge in [0.05, 0.1) is 12.3 Å². The molecule has 0 bridgehead atoms. The highest BCUT2D eigenvalue weighted by Gasteiger charge is 2.21. The topological polar surface area (TPSA) is 68.3 Å². The van der Waals surface area contributed by atoms with E-state index in [2.05, 4.69) is 41.5 Å². The number of benzene rings is 2. The van der Waals surface area contributed by atoms with E-state index in [1.165, 1.54) is 10.5 Å². The number of esters is 1. The molecular formula is C23H24N2O3S2. The fraction of sp³-hybridized carbons (Fsp3) is 0.261. The Balaban J connectivity index is 1.59. The molecule has 0 saturated heterocycles. The second kappa shape index (κ2) is 10.9. The summed E-state index contributed by atoms with van der Waals surface area (Å²) in [6, 6.07) is 17.8. The van der Waals surface area contributed by atoms with Crippen molar-refractivity contribution < 1.29 is 14.3 Å². The van der Waals surface area contributed by atoms with Crippen LogP contribution >= 0.6 is 23.1 Å². The van der Waals surface area contributed by atoms with Crippen LogP contribution in [0.1, 0.15) is 35.0 Å². The number of carbonyl (C=O) groups is 2. The molecule has 30 heavy (non-hydrogen) atoms. The number of carbonyl (C=O) groups excluding carboxylic acids is 2. The maximum absolute atomic E-state index is 12.4. The first-order chi connectivity index (χ1) is 14.6. The number of hydrogen-bond acceptors (Lipinski definition) is 6. The number of ether oxygens (including phenoxy) is 1. The summed E-state index contributed by atoms with van der Waals surface area (Å²) in [7, 11) is 0. The lowest BCUT2D eigenvalue weighted by Crippen LogP contribution is -2.11. The second-order valence-corrected chi connectivity index (χ2v) is 8.76. The van der Waals surface area contributed by atoms with Gasteiger partial charge in [-0.2, -0.15) is 0 Å². The van der Waals surface area contributed by atoms with Crippen molar-refractivity contribution in [2.75, 3.05) is 17.7 Å². The van der Waals surface area contributed by atoms with Gasteiger partial charge in [0.2, 0.25) is 5.91 Å². The Kier molecular flexibility index (Phi) is 8.04. The molecule has 0 fully saturated rings. The Morgan fingerprint density at radius 3 is 2.53 bits per heavy atom. The number of hydrogen-bond donors (Lipinski definition) is 1. The van der Waals surface area contributed by atoms with Crippen molar-refractivity contribution >= 4 is 40.1 Å². The van der Waals surface area contributed by atoms with Crippen LogP contribution in [0.4, 0.5) is 5.13 Å². The second-order valence-electron chi connectivity index (χ2n) is 6.60. The number of amides is 1. The normalized spacial score (nSPS) is 10.6. The van der Waals surface area contributed by atoms with Crippen LogP contribution in [0.15, 0.2) is 59.5 Å². The predicted molar refractivity (Wildman–Crippen MR) is 123 cm³/mol. The van der Waals surface area contributed by atoms with Crippen molar-refractivity contribution in [3.63, 3.8) is 0 Å². The largest absolute Gasteiger partial charge is 0.462 e. The minimum Gasteiger partial charge on any atom is -0.462 e. The summed E-state index contributed by atoms with van der Waals surface area (Å²) in [4.78, 5) is 30.8. The highest BCUT2D eigenvalue weighted by atomic mass is 32.2. The number of thiazole rings is 1. The molecule has 1 aromatic heterocycles. The fourth-order valence-corrected chi connectivity index (χ4v) is 4.49. The minimum atomic E-state index is -0.427. The van der Waals surface area contributed by atoms with Gasteiger partial charge in [-0.15, -0.1) is 11.8 Å². The molecule has 0 aliphatic carbocycles. The fourth-order valence-electron chi connectivity index (χ4n) is 2.74. The molecule has 2 aromatic carbocycles. The average molecular weight is 441 g/mol. The molecule has 0 aliphatic rings. The van der Waals surface area contributed by atoms with Crippen LogP contribution < -0.4 is 5.32 Å². The molecule has 5 nitrogen and oxygen atoms in total. The van der Waals surface area contributed by atoms with Crippen LogP contribution in [0.3, 0.4) is 0 Å². The monoisotopic (exact) mass is 440 g/mol. The lowest BCUT2D eigenvalue weighted by molar-refractivity contribution is -0.116. The van der Waals surface area contributed by atoms with Crippen LogP contribution in [0, 0.1) is 6.92 Å². The van der Waals surface area contributed by atoms with Crippen LogP contribution in [0.5, 0.6) is 0 Å². The molecule has 156 valence electrons. The molecule has 1 heterocycles. The van der Waals surface area contributed by atoms with Gasteiger partial charge < -0.3 is 10.1 Å². The maximum atomic E-state index is 12.4. The predicted octanol–water partition coefficient (Wildman–Crippen LogP) is 5.81. The van der Waals surface area contributed by atoms with Gasteiger partial charge in [0.25, 0.3) is 0 Å². The maximum Gasteiger partial charge on any atom is 0.350 e. The molecule has 3 aromatic rings. The molecule has 0 aliphatic heterocycles. The van der Waals surface area contributed by atoms with Gasteiger partial charge in [-0.25, -0.2) is 9.78 Å². The smallest absolute Gasteiger partial charge is 0.350 e. The third-order valence-electron chi connectivity index (χ3n) is 4.22. The number of aryl methyl sites for hydroxylation is 1.